The van der Waals surface area contributed by atoms with Crippen LogP contribution in [0.1, 0.15) is 23.3 Å². The number of carbonyl (C=O) groups excluding carboxylic acids is 1. The average Bonchev–Trinajstić information content (AvgIpc) is 3.17. The minimum absolute atomic E-state index is 0.0112. The summed E-state index contributed by atoms with van der Waals surface area (Å²) >= 11 is 0. The SMILES string of the molecule is COc1ccc(F)c2[nH]c(C(=O)N3C[C@H](C(=O)O)[C@@H](C4CC4)C3)cc12. The number of ether oxygens (including phenoxy) is 1. The van der Waals surface area contributed by atoms with E-state index in [1.165, 1.54) is 19.2 Å². The number of carboxylic acid groups (broad SMARTS) is 1. The fourth-order valence-corrected chi connectivity index (χ4v) is 3.88. The quantitative estimate of drug-likeness (QED) is 0.891. The molecule has 1 aliphatic carbocycles. The number of aromatic amines is 1. The van der Waals surface area contributed by atoms with Gasteiger partial charge in [0.2, 0.25) is 0 Å². The summed E-state index contributed by atoms with van der Waals surface area (Å²) in [4.78, 5) is 28.7. The fraction of sp³-hybridized carbons (Fsp3) is 0.444. The van der Waals surface area contributed by atoms with Gasteiger partial charge >= 0.3 is 5.97 Å². The lowest BCUT2D eigenvalue weighted by molar-refractivity contribution is -0.142. The molecule has 1 aromatic carbocycles. The first-order valence-corrected chi connectivity index (χ1v) is 8.37. The Hall–Kier alpha value is -2.57. The number of hydrogen-bond acceptors (Lipinski definition) is 3. The van der Waals surface area contributed by atoms with Gasteiger partial charge in [-0.1, -0.05) is 0 Å². The number of carbonyl (C=O) groups is 2. The summed E-state index contributed by atoms with van der Waals surface area (Å²) < 4.78 is 19.2. The van der Waals surface area contributed by atoms with Gasteiger partial charge in [0.05, 0.1) is 18.5 Å². The molecule has 1 saturated heterocycles. The predicted molar refractivity (Wildman–Crippen MR) is 88.1 cm³/mol. The van der Waals surface area contributed by atoms with Gasteiger partial charge < -0.3 is 19.7 Å². The fourth-order valence-electron chi connectivity index (χ4n) is 3.88. The van der Waals surface area contributed by atoms with Crippen molar-refractivity contribution in [3.63, 3.8) is 0 Å². The molecular formula is C18H19FN2O4. The molecule has 1 amide bonds. The number of hydrogen-bond donors (Lipinski definition) is 2. The lowest BCUT2D eigenvalue weighted by Crippen LogP contribution is -2.30. The number of carboxylic acids is 1. The monoisotopic (exact) mass is 346 g/mol. The average molecular weight is 346 g/mol. The van der Waals surface area contributed by atoms with Crippen molar-refractivity contribution in [1.82, 2.24) is 9.88 Å². The maximum atomic E-state index is 14.0. The smallest absolute Gasteiger partial charge is 0.308 e. The highest BCUT2D eigenvalue weighted by Gasteiger charge is 2.47. The minimum atomic E-state index is -0.850. The summed E-state index contributed by atoms with van der Waals surface area (Å²) in [5.41, 5.74) is 0.467. The van der Waals surface area contributed by atoms with E-state index in [0.29, 0.717) is 23.6 Å². The van der Waals surface area contributed by atoms with E-state index in [-0.39, 0.29) is 29.6 Å². The number of amides is 1. The molecule has 2 heterocycles. The predicted octanol–water partition coefficient (Wildman–Crippen LogP) is 2.50. The van der Waals surface area contributed by atoms with Crippen LogP contribution in [0.3, 0.4) is 0 Å². The number of H-pyrrole nitrogens is 1. The second kappa shape index (κ2) is 5.75. The number of benzene rings is 1. The van der Waals surface area contributed by atoms with Crippen LogP contribution in [0, 0.1) is 23.6 Å². The summed E-state index contributed by atoms with van der Waals surface area (Å²) in [7, 11) is 1.49. The van der Waals surface area contributed by atoms with E-state index in [4.69, 9.17) is 4.74 Å². The van der Waals surface area contributed by atoms with Crippen LogP contribution in [0.25, 0.3) is 10.9 Å². The molecule has 25 heavy (non-hydrogen) atoms. The molecule has 0 radical (unpaired) electrons. The van der Waals surface area contributed by atoms with Crippen LogP contribution in [0.4, 0.5) is 4.39 Å². The van der Waals surface area contributed by atoms with Gasteiger partial charge in [0.1, 0.15) is 17.3 Å². The van der Waals surface area contributed by atoms with Gasteiger partial charge in [-0.25, -0.2) is 4.39 Å². The van der Waals surface area contributed by atoms with Gasteiger partial charge in [-0.05, 0) is 42.9 Å². The summed E-state index contributed by atoms with van der Waals surface area (Å²) in [6, 6.07) is 4.37. The third-order valence-corrected chi connectivity index (χ3v) is 5.35. The second-order valence-electron chi connectivity index (χ2n) is 6.88. The van der Waals surface area contributed by atoms with Gasteiger partial charge in [-0.15, -0.1) is 0 Å². The molecule has 1 aliphatic heterocycles. The number of nitrogens with one attached hydrogen (secondary N) is 1. The topological polar surface area (TPSA) is 82.6 Å². The molecule has 6 nitrogen and oxygen atoms in total. The van der Waals surface area contributed by atoms with Crippen molar-refractivity contribution in [3.8, 4) is 5.75 Å². The number of methoxy groups -OCH3 is 1. The normalized spacial score (nSPS) is 23.2. The zero-order valence-electron chi connectivity index (χ0n) is 13.8. The van der Waals surface area contributed by atoms with Gasteiger partial charge in [0.25, 0.3) is 5.91 Å². The first-order chi connectivity index (χ1) is 12.0. The Morgan fingerprint density at radius 1 is 1.32 bits per heavy atom. The molecule has 2 aromatic rings. The molecule has 2 aliphatic rings. The van der Waals surface area contributed by atoms with Crippen LogP contribution >= 0.6 is 0 Å². The van der Waals surface area contributed by atoms with Crippen molar-refractivity contribution in [3.05, 3.63) is 29.7 Å². The molecule has 0 unspecified atom stereocenters. The molecule has 2 atom stereocenters. The number of halogens is 1. The van der Waals surface area contributed by atoms with Gasteiger partial charge in [0.15, 0.2) is 0 Å². The maximum Gasteiger partial charge on any atom is 0.308 e. The Bertz CT molecular complexity index is 858. The van der Waals surface area contributed by atoms with E-state index in [1.807, 2.05) is 0 Å². The number of fused-ring (bicyclic) bond motifs is 1. The number of nitrogens with zero attached hydrogens (tertiary/aromatic N) is 1. The number of rotatable bonds is 4. The highest BCUT2D eigenvalue weighted by molar-refractivity contribution is 6.00. The van der Waals surface area contributed by atoms with Crippen LogP contribution in [-0.2, 0) is 4.79 Å². The molecule has 7 heteroatoms. The minimum Gasteiger partial charge on any atom is -0.496 e. The van der Waals surface area contributed by atoms with Gasteiger partial charge in [-0.3, -0.25) is 9.59 Å². The highest BCUT2D eigenvalue weighted by Crippen LogP contribution is 2.44. The number of aliphatic carboxylic acids is 1. The van der Waals surface area contributed by atoms with Crippen molar-refractivity contribution < 1.29 is 23.8 Å². The summed E-state index contributed by atoms with van der Waals surface area (Å²) in [6.45, 7) is 0.639. The van der Waals surface area contributed by atoms with Crippen molar-refractivity contribution >= 4 is 22.8 Å². The summed E-state index contributed by atoms with van der Waals surface area (Å²) in [6.07, 6.45) is 2.07. The van der Waals surface area contributed by atoms with E-state index in [1.54, 1.807) is 11.0 Å². The zero-order chi connectivity index (χ0) is 17.7. The highest BCUT2D eigenvalue weighted by atomic mass is 19.1. The second-order valence-corrected chi connectivity index (χ2v) is 6.88. The molecule has 132 valence electrons. The summed E-state index contributed by atoms with van der Waals surface area (Å²) in [5, 5.41) is 9.94. The Labute approximate surface area is 143 Å². The molecule has 2 fully saturated rings. The first kappa shape index (κ1) is 15.9. The van der Waals surface area contributed by atoms with Crippen molar-refractivity contribution in [2.75, 3.05) is 20.2 Å². The Morgan fingerprint density at radius 2 is 2.08 bits per heavy atom. The largest absolute Gasteiger partial charge is 0.496 e. The van der Waals surface area contributed by atoms with Crippen molar-refractivity contribution in [2.45, 2.75) is 12.8 Å². The Morgan fingerprint density at radius 3 is 2.72 bits per heavy atom. The molecule has 0 spiro atoms. The van der Waals surface area contributed by atoms with E-state index in [2.05, 4.69) is 4.98 Å². The van der Waals surface area contributed by atoms with Crippen molar-refractivity contribution in [1.29, 1.82) is 0 Å². The van der Waals surface area contributed by atoms with Crippen LogP contribution in [0.2, 0.25) is 0 Å². The third kappa shape index (κ3) is 2.63. The molecule has 0 bridgehead atoms. The standard InChI is InChI=1S/C18H19FN2O4/c1-25-15-5-4-13(19)16-10(15)6-14(20-16)17(22)21-7-11(9-2-3-9)12(8-21)18(23)24/h4-6,9,11-12,20H,2-3,7-8H2,1H3,(H,23,24)/t11-,12+/m1/s1. The molecule has 2 N–H and O–H groups in total. The Balaban J connectivity index is 1.64. The first-order valence-electron chi connectivity index (χ1n) is 8.37. The maximum absolute atomic E-state index is 14.0. The summed E-state index contributed by atoms with van der Waals surface area (Å²) in [5.74, 6) is -1.24. The number of aromatic nitrogens is 1. The van der Waals surface area contributed by atoms with E-state index in [9.17, 15) is 19.1 Å². The van der Waals surface area contributed by atoms with E-state index >= 15 is 0 Å². The zero-order valence-corrected chi connectivity index (χ0v) is 13.8. The van der Waals surface area contributed by atoms with Crippen LogP contribution < -0.4 is 4.74 Å². The Kier molecular flexibility index (Phi) is 3.67. The van der Waals surface area contributed by atoms with Gasteiger partial charge in [0, 0.05) is 18.5 Å². The third-order valence-electron chi connectivity index (χ3n) is 5.35. The van der Waals surface area contributed by atoms with E-state index in [0.717, 1.165) is 12.8 Å². The molecule has 4 rings (SSSR count). The molecular weight excluding hydrogens is 327 g/mol. The number of likely N-dealkylation sites (tertiary alicyclic amines) is 1. The van der Waals surface area contributed by atoms with E-state index < -0.39 is 17.7 Å². The molecule has 1 saturated carbocycles. The lowest BCUT2D eigenvalue weighted by atomic mass is 9.92. The van der Waals surface area contributed by atoms with Gasteiger partial charge in [-0.2, -0.15) is 0 Å². The van der Waals surface area contributed by atoms with Crippen molar-refractivity contribution in [2.24, 2.45) is 17.8 Å². The van der Waals surface area contributed by atoms with Crippen LogP contribution in [-0.4, -0.2) is 47.1 Å². The van der Waals surface area contributed by atoms with Crippen LogP contribution in [0.15, 0.2) is 18.2 Å². The van der Waals surface area contributed by atoms with Crippen LogP contribution in [0.5, 0.6) is 5.75 Å². The molecule has 1 aromatic heterocycles. The lowest BCUT2D eigenvalue weighted by Gasteiger charge is -2.15.